The minimum absolute atomic E-state index is 0.310. The monoisotopic (exact) mass is 342 g/mol. The molecule has 122 valence electrons. The minimum Gasteiger partial charge on any atom is -0.482 e. The minimum atomic E-state index is -1.04. The average Bonchev–Trinajstić information content (AvgIpc) is 3.02. The normalized spacial score (nSPS) is 10.5. The van der Waals surface area contributed by atoms with Crippen molar-refractivity contribution in [3.8, 4) is 5.75 Å². The van der Waals surface area contributed by atoms with Crippen LogP contribution in [0.15, 0.2) is 54.6 Å². The number of nitrogens with two attached hydrogens (primary N) is 1. The lowest BCUT2D eigenvalue weighted by Crippen LogP contribution is -2.36. The van der Waals surface area contributed by atoms with Gasteiger partial charge in [-0.15, -0.1) is 11.3 Å². The van der Waals surface area contributed by atoms with Gasteiger partial charge in [0.15, 0.2) is 6.61 Å². The topological polar surface area (TPSA) is 92.9 Å². The van der Waals surface area contributed by atoms with Crippen molar-refractivity contribution in [1.29, 1.82) is 0 Å². The summed E-state index contributed by atoms with van der Waals surface area (Å²) in [6, 6.07) is 15.9. The van der Waals surface area contributed by atoms with Crippen LogP contribution in [0.2, 0.25) is 0 Å². The quantitative estimate of drug-likeness (QED) is 0.422. The van der Waals surface area contributed by atoms with Crippen LogP contribution >= 0.6 is 11.3 Å². The summed E-state index contributed by atoms with van der Waals surface area (Å²) < 4.78 is 6.04. The Hall–Kier alpha value is -2.90. The SMILES string of the molecule is NN(C(=O)c1cc2cc(OCC(=O)O)ccc2s1)c1ccccc1. The number of hydrogen-bond acceptors (Lipinski definition) is 5. The molecular formula is C17H14N2O4S. The molecule has 6 nitrogen and oxygen atoms in total. The van der Waals surface area contributed by atoms with Gasteiger partial charge in [-0.05, 0) is 41.8 Å². The van der Waals surface area contributed by atoms with Gasteiger partial charge in [-0.25, -0.2) is 15.6 Å². The van der Waals surface area contributed by atoms with E-state index in [1.807, 2.05) is 6.07 Å². The summed E-state index contributed by atoms with van der Waals surface area (Å²) in [5.74, 6) is 4.99. The molecule has 0 aliphatic heterocycles. The molecule has 2 aromatic carbocycles. The lowest BCUT2D eigenvalue weighted by Gasteiger charge is -2.15. The zero-order chi connectivity index (χ0) is 17.1. The van der Waals surface area contributed by atoms with Crippen LogP contribution < -0.4 is 15.6 Å². The Kier molecular flexibility index (Phi) is 4.45. The molecule has 0 atom stereocenters. The van der Waals surface area contributed by atoms with E-state index in [1.165, 1.54) is 11.3 Å². The molecule has 24 heavy (non-hydrogen) atoms. The Labute approximate surface area is 141 Å². The number of fused-ring (bicyclic) bond motifs is 1. The zero-order valence-electron chi connectivity index (χ0n) is 12.5. The number of carboxylic acid groups (broad SMARTS) is 1. The van der Waals surface area contributed by atoms with Crippen molar-refractivity contribution in [3.63, 3.8) is 0 Å². The standard InChI is InChI=1S/C17H14N2O4S/c18-19(12-4-2-1-3-5-12)17(22)15-9-11-8-13(23-10-16(20)21)6-7-14(11)24-15/h1-9H,10,18H2,(H,20,21). The van der Waals surface area contributed by atoms with E-state index in [-0.39, 0.29) is 5.91 Å². The molecule has 7 heteroatoms. The highest BCUT2D eigenvalue weighted by Crippen LogP contribution is 2.30. The van der Waals surface area contributed by atoms with E-state index in [0.29, 0.717) is 16.3 Å². The number of hydrogen-bond donors (Lipinski definition) is 2. The van der Waals surface area contributed by atoms with Gasteiger partial charge >= 0.3 is 5.97 Å². The van der Waals surface area contributed by atoms with E-state index >= 15 is 0 Å². The summed E-state index contributed by atoms with van der Waals surface area (Å²) in [5.41, 5.74) is 0.602. The summed E-state index contributed by atoms with van der Waals surface area (Å²) in [6.45, 7) is -0.411. The molecule has 3 rings (SSSR count). The first-order chi connectivity index (χ1) is 11.5. The number of anilines is 1. The highest BCUT2D eigenvalue weighted by Gasteiger charge is 2.17. The van der Waals surface area contributed by atoms with Crippen molar-refractivity contribution in [2.24, 2.45) is 5.84 Å². The van der Waals surface area contributed by atoms with Crippen LogP contribution in [0.5, 0.6) is 5.75 Å². The number of benzene rings is 2. The predicted molar refractivity (Wildman–Crippen MR) is 92.4 cm³/mol. The highest BCUT2D eigenvalue weighted by atomic mass is 32.1. The Balaban J connectivity index is 1.84. The number of aliphatic carboxylic acids is 1. The Morgan fingerprint density at radius 1 is 1.12 bits per heavy atom. The fourth-order valence-electron chi connectivity index (χ4n) is 2.19. The fourth-order valence-corrected chi connectivity index (χ4v) is 3.17. The lowest BCUT2D eigenvalue weighted by atomic mass is 10.2. The number of thiophene rings is 1. The van der Waals surface area contributed by atoms with Gasteiger partial charge < -0.3 is 9.84 Å². The Morgan fingerprint density at radius 3 is 2.58 bits per heavy atom. The largest absolute Gasteiger partial charge is 0.482 e. The third-order valence-corrected chi connectivity index (χ3v) is 4.42. The first-order valence-corrected chi connectivity index (χ1v) is 7.88. The van der Waals surface area contributed by atoms with Gasteiger partial charge in [-0.3, -0.25) is 4.79 Å². The molecule has 0 saturated heterocycles. The zero-order valence-corrected chi connectivity index (χ0v) is 13.3. The second-order valence-corrected chi connectivity index (χ2v) is 6.09. The van der Waals surface area contributed by atoms with E-state index in [1.54, 1.807) is 48.5 Å². The summed E-state index contributed by atoms with van der Waals surface area (Å²) in [7, 11) is 0. The van der Waals surface area contributed by atoms with Gasteiger partial charge in [0, 0.05) is 4.70 Å². The number of para-hydroxylation sites is 1. The lowest BCUT2D eigenvalue weighted by molar-refractivity contribution is -0.139. The maximum atomic E-state index is 12.5. The average molecular weight is 342 g/mol. The van der Waals surface area contributed by atoms with Crippen LogP contribution in [0.1, 0.15) is 9.67 Å². The summed E-state index contributed by atoms with van der Waals surface area (Å²) in [6.07, 6.45) is 0. The molecular weight excluding hydrogens is 328 g/mol. The first kappa shape index (κ1) is 16.0. The van der Waals surface area contributed by atoms with E-state index in [9.17, 15) is 9.59 Å². The third kappa shape index (κ3) is 3.37. The van der Waals surface area contributed by atoms with Crippen LogP contribution in [0.3, 0.4) is 0 Å². The van der Waals surface area contributed by atoms with Crippen molar-refractivity contribution >= 4 is 39.0 Å². The molecule has 0 unspecified atom stereocenters. The van der Waals surface area contributed by atoms with Crippen LogP contribution in [0.25, 0.3) is 10.1 Å². The molecule has 1 amide bonds. The number of carbonyl (C=O) groups excluding carboxylic acids is 1. The summed E-state index contributed by atoms with van der Waals surface area (Å²) >= 11 is 1.32. The molecule has 0 bridgehead atoms. The van der Waals surface area contributed by atoms with Gasteiger partial charge in [0.1, 0.15) is 5.75 Å². The number of amides is 1. The molecule has 0 saturated carbocycles. The Bertz CT molecular complexity index is 892. The number of ether oxygens (including phenoxy) is 1. The predicted octanol–water partition coefficient (Wildman–Crippen LogP) is 2.89. The third-order valence-electron chi connectivity index (χ3n) is 3.31. The van der Waals surface area contributed by atoms with E-state index in [2.05, 4.69) is 0 Å². The van der Waals surface area contributed by atoms with Gasteiger partial charge in [0.05, 0.1) is 10.6 Å². The van der Waals surface area contributed by atoms with Crippen molar-refractivity contribution in [3.05, 3.63) is 59.5 Å². The molecule has 0 aliphatic carbocycles. The van der Waals surface area contributed by atoms with Gasteiger partial charge in [0.2, 0.25) is 0 Å². The van der Waals surface area contributed by atoms with E-state index in [4.69, 9.17) is 15.7 Å². The fraction of sp³-hybridized carbons (Fsp3) is 0.0588. The molecule has 0 fully saturated rings. The molecule has 0 spiro atoms. The van der Waals surface area contributed by atoms with Gasteiger partial charge in [-0.2, -0.15) is 0 Å². The molecule has 3 N–H and O–H groups in total. The van der Waals surface area contributed by atoms with E-state index in [0.717, 1.165) is 15.1 Å². The van der Waals surface area contributed by atoms with Crippen molar-refractivity contribution in [1.82, 2.24) is 0 Å². The van der Waals surface area contributed by atoms with Crippen LogP contribution in [-0.2, 0) is 4.79 Å². The summed E-state index contributed by atoms with van der Waals surface area (Å²) in [5, 5.41) is 10.5. The molecule has 1 aromatic heterocycles. The number of rotatable bonds is 5. The Morgan fingerprint density at radius 2 is 1.88 bits per heavy atom. The highest BCUT2D eigenvalue weighted by molar-refractivity contribution is 7.20. The smallest absolute Gasteiger partial charge is 0.341 e. The first-order valence-electron chi connectivity index (χ1n) is 7.07. The van der Waals surface area contributed by atoms with Gasteiger partial charge in [-0.1, -0.05) is 18.2 Å². The summed E-state index contributed by atoms with van der Waals surface area (Å²) in [4.78, 5) is 23.6. The molecule has 3 aromatic rings. The number of carbonyl (C=O) groups is 2. The number of carboxylic acids is 1. The van der Waals surface area contributed by atoms with Gasteiger partial charge in [0.25, 0.3) is 5.91 Å². The second kappa shape index (κ2) is 6.69. The van der Waals surface area contributed by atoms with Crippen LogP contribution in [0, 0.1) is 0 Å². The van der Waals surface area contributed by atoms with E-state index < -0.39 is 12.6 Å². The van der Waals surface area contributed by atoms with Crippen molar-refractivity contribution < 1.29 is 19.4 Å². The number of hydrazine groups is 1. The molecule has 0 radical (unpaired) electrons. The second-order valence-electron chi connectivity index (χ2n) is 5.00. The van der Waals surface area contributed by atoms with Crippen molar-refractivity contribution in [2.75, 3.05) is 11.6 Å². The van der Waals surface area contributed by atoms with Crippen molar-refractivity contribution in [2.45, 2.75) is 0 Å². The maximum absolute atomic E-state index is 12.5. The maximum Gasteiger partial charge on any atom is 0.341 e. The van der Waals surface area contributed by atoms with Crippen LogP contribution in [0.4, 0.5) is 5.69 Å². The molecule has 0 aliphatic rings. The molecule has 1 heterocycles. The van der Waals surface area contributed by atoms with Crippen LogP contribution in [-0.4, -0.2) is 23.6 Å². The number of nitrogens with zero attached hydrogens (tertiary/aromatic N) is 1.